The Morgan fingerprint density at radius 3 is 2.38 bits per heavy atom. The first kappa shape index (κ1) is 18.7. The molecule has 124 valence electrons. The van der Waals surface area contributed by atoms with Gasteiger partial charge in [0.1, 0.15) is 0 Å². The first-order valence-electron chi connectivity index (χ1n) is 8.47. The Balaban J connectivity index is 0.00000220. The van der Waals surface area contributed by atoms with Gasteiger partial charge < -0.3 is 16.0 Å². The van der Waals surface area contributed by atoms with Gasteiger partial charge in [-0.15, -0.1) is 12.4 Å². The summed E-state index contributed by atoms with van der Waals surface area (Å²) < 4.78 is 0. The SMILES string of the molecule is CCN1CCC(NC(=O)C(N)CC2CCCCC2)CC1.Cl. The van der Waals surface area contributed by atoms with E-state index in [-0.39, 0.29) is 24.4 Å². The van der Waals surface area contributed by atoms with E-state index in [9.17, 15) is 4.79 Å². The maximum absolute atomic E-state index is 12.2. The van der Waals surface area contributed by atoms with E-state index in [0.29, 0.717) is 12.0 Å². The van der Waals surface area contributed by atoms with Crippen LogP contribution in [-0.2, 0) is 4.79 Å². The van der Waals surface area contributed by atoms with Crippen LogP contribution in [-0.4, -0.2) is 42.5 Å². The zero-order valence-electron chi connectivity index (χ0n) is 13.4. The van der Waals surface area contributed by atoms with Crippen LogP contribution >= 0.6 is 12.4 Å². The van der Waals surface area contributed by atoms with Gasteiger partial charge in [-0.2, -0.15) is 0 Å². The molecule has 1 amide bonds. The highest BCUT2D eigenvalue weighted by Gasteiger charge is 2.24. The lowest BCUT2D eigenvalue weighted by Crippen LogP contribution is -2.50. The van der Waals surface area contributed by atoms with Crippen LogP contribution in [0, 0.1) is 5.92 Å². The lowest BCUT2D eigenvalue weighted by atomic mass is 9.85. The van der Waals surface area contributed by atoms with Crippen molar-refractivity contribution in [3.8, 4) is 0 Å². The topological polar surface area (TPSA) is 58.4 Å². The summed E-state index contributed by atoms with van der Waals surface area (Å²) in [7, 11) is 0. The Morgan fingerprint density at radius 2 is 1.81 bits per heavy atom. The summed E-state index contributed by atoms with van der Waals surface area (Å²) in [6, 6.07) is 0.0324. The van der Waals surface area contributed by atoms with Crippen molar-refractivity contribution in [3.05, 3.63) is 0 Å². The van der Waals surface area contributed by atoms with Crippen LogP contribution in [0.5, 0.6) is 0 Å². The average Bonchev–Trinajstić information content (AvgIpc) is 2.49. The van der Waals surface area contributed by atoms with Crippen molar-refractivity contribution in [3.63, 3.8) is 0 Å². The second kappa shape index (κ2) is 9.65. The van der Waals surface area contributed by atoms with Gasteiger partial charge in [0.15, 0.2) is 0 Å². The minimum atomic E-state index is -0.303. The zero-order chi connectivity index (χ0) is 14.4. The van der Waals surface area contributed by atoms with Gasteiger partial charge in [-0.1, -0.05) is 39.0 Å². The van der Waals surface area contributed by atoms with Gasteiger partial charge in [-0.25, -0.2) is 0 Å². The average molecular weight is 318 g/mol. The molecule has 2 fully saturated rings. The van der Waals surface area contributed by atoms with E-state index in [1.165, 1.54) is 32.1 Å². The summed E-state index contributed by atoms with van der Waals surface area (Å²) in [5, 5.41) is 3.16. The summed E-state index contributed by atoms with van der Waals surface area (Å²) in [6.45, 7) is 5.50. The largest absolute Gasteiger partial charge is 0.352 e. The molecule has 0 aromatic heterocycles. The predicted octanol–water partition coefficient (Wildman–Crippen LogP) is 2.31. The number of halogens is 1. The van der Waals surface area contributed by atoms with Crippen LogP contribution in [0.25, 0.3) is 0 Å². The van der Waals surface area contributed by atoms with E-state index in [2.05, 4.69) is 17.1 Å². The van der Waals surface area contributed by atoms with E-state index < -0.39 is 0 Å². The number of likely N-dealkylation sites (tertiary alicyclic amines) is 1. The van der Waals surface area contributed by atoms with Crippen LogP contribution in [0.2, 0.25) is 0 Å². The molecule has 1 saturated carbocycles. The van der Waals surface area contributed by atoms with Gasteiger partial charge in [0.05, 0.1) is 6.04 Å². The summed E-state index contributed by atoms with van der Waals surface area (Å²) in [5.41, 5.74) is 6.10. The summed E-state index contributed by atoms with van der Waals surface area (Å²) in [4.78, 5) is 14.6. The van der Waals surface area contributed by atoms with Crippen molar-refractivity contribution >= 4 is 18.3 Å². The molecule has 1 aliphatic heterocycles. The molecule has 0 spiro atoms. The lowest BCUT2D eigenvalue weighted by molar-refractivity contribution is -0.123. The number of hydrogen-bond donors (Lipinski definition) is 2. The highest BCUT2D eigenvalue weighted by Crippen LogP contribution is 2.27. The molecule has 0 bridgehead atoms. The van der Waals surface area contributed by atoms with Gasteiger partial charge in [0, 0.05) is 19.1 Å². The van der Waals surface area contributed by atoms with E-state index in [1.54, 1.807) is 0 Å². The minimum absolute atomic E-state index is 0. The van der Waals surface area contributed by atoms with Crippen molar-refractivity contribution in [2.75, 3.05) is 19.6 Å². The number of amides is 1. The number of piperidine rings is 1. The molecule has 3 N–H and O–H groups in total. The van der Waals surface area contributed by atoms with E-state index >= 15 is 0 Å². The van der Waals surface area contributed by atoms with Crippen LogP contribution < -0.4 is 11.1 Å². The minimum Gasteiger partial charge on any atom is -0.352 e. The van der Waals surface area contributed by atoms with Crippen molar-refractivity contribution in [2.45, 2.75) is 70.4 Å². The molecule has 1 atom stereocenters. The van der Waals surface area contributed by atoms with Crippen LogP contribution in [0.4, 0.5) is 0 Å². The van der Waals surface area contributed by atoms with Gasteiger partial charge in [0.25, 0.3) is 0 Å². The highest BCUT2D eigenvalue weighted by atomic mass is 35.5. The number of nitrogens with two attached hydrogens (primary N) is 1. The number of carbonyl (C=O) groups is 1. The first-order valence-corrected chi connectivity index (χ1v) is 8.47. The van der Waals surface area contributed by atoms with Gasteiger partial charge in [-0.05, 0) is 31.7 Å². The molecular formula is C16H32ClN3O. The Morgan fingerprint density at radius 1 is 1.19 bits per heavy atom. The summed E-state index contributed by atoms with van der Waals surface area (Å²) in [6.07, 6.45) is 9.51. The number of nitrogens with one attached hydrogen (secondary N) is 1. The summed E-state index contributed by atoms with van der Waals surface area (Å²) >= 11 is 0. The maximum Gasteiger partial charge on any atom is 0.237 e. The Labute approximate surface area is 135 Å². The molecule has 1 saturated heterocycles. The number of carbonyl (C=O) groups excluding carboxylic acids is 1. The Kier molecular flexibility index (Phi) is 8.60. The highest BCUT2D eigenvalue weighted by molar-refractivity contribution is 5.85. The third kappa shape index (κ3) is 6.13. The van der Waals surface area contributed by atoms with E-state index in [0.717, 1.165) is 38.9 Å². The van der Waals surface area contributed by atoms with Crippen molar-refractivity contribution in [1.82, 2.24) is 10.2 Å². The molecule has 0 aromatic carbocycles. The summed E-state index contributed by atoms with van der Waals surface area (Å²) in [5.74, 6) is 0.747. The quantitative estimate of drug-likeness (QED) is 0.818. The first-order chi connectivity index (χ1) is 9.69. The van der Waals surface area contributed by atoms with Gasteiger partial charge in [0.2, 0.25) is 5.91 Å². The smallest absolute Gasteiger partial charge is 0.237 e. The molecule has 2 aliphatic rings. The second-order valence-electron chi connectivity index (χ2n) is 6.56. The predicted molar refractivity (Wildman–Crippen MR) is 89.7 cm³/mol. The third-order valence-corrected chi connectivity index (χ3v) is 5.03. The normalized spacial score (nSPS) is 23.3. The van der Waals surface area contributed by atoms with Gasteiger partial charge >= 0.3 is 0 Å². The molecule has 1 heterocycles. The maximum atomic E-state index is 12.2. The van der Waals surface area contributed by atoms with E-state index in [1.807, 2.05) is 0 Å². The van der Waals surface area contributed by atoms with Crippen molar-refractivity contribution in [1.29, 1.82) is 0 Å². The standard InChI is InChI=1S/C16H31N3O.ClH/c1-2-19-10-8-14(9-11-19)18-16(20)15(17)12-13-6-4-3-5-7-13;/h13-15H,2-12,17H2,1H3,(H,18,20);1H. The number of nitrogens with zero attached hydrogens (tertiary/aromatic N) is 1. The molecule has 0 aromatic rings. The molecule has 1 aliphatic carbocycles. The third-order valence-electron chi connectivity index (χ3n) is 5.03. The number of hydrogen-bond acceptors (Lipinski definition) is 3. The molecule has 2 rings (SSSR count). The van der Waals surface area contributed by atoms with Crippen LogP contribution in [0.15, 0.2) is 0 Å². The second-order valence-corrected chi connectivity index (χ2v) is 6.56. The Bertz CT molecular complexity index is 300. The monoisotopic (exact) mass is 317 g/mol. The molecule has 1 unspecified atom stereocenters. The Hall–Kier alpha value is -0.320. The van der Waals surface area contributed by atoms with Crippen LogP contribution in [0.1, 0.15) is 58.3 Å². The zero-order valence-corrected chi connectivity index (χ0v) is 14.2. The molecule has 21 heavy (non-hydrogen) atoms. The van der Waals surface area contributed by atoms with Gasteiger partial charge in [-0.3, -0.25) is 4.79 Å². The molecule has 0 radical (unpaired) electrons. The van der Waals surface area contributed by atoms with Crippen molar-refractivity contribution in [2.24, 2.45) is 11.7 Å². The molecule has 4 nitrogen and oxygen atoms in total. The van der Waals surface area contributed by atoms with Crippen molar-refractivity contribution < 1.29 is 4.79 Å². The fraction of sp³-hybridized carbons (Fsp3) is 0.938. The molecular weight excluding hydrogens is 286 g/mol. The number of rotatable bonds is 5. The molecule has 5 heteroatoms. The van der Waals surface area contributed by atoms with Crippen LogP contribution in [0.3, 0.4) is 0 Å². The van der Waals surface area contributed by atoms with E-state index in [4.69, 9.17) is 5.73 Å². The lowest BCUT2D eigenvalue weighted by Gasteiger charge is -2.32. The fourth-order valence-electron chi connectivity index (χ4n) is 3.59. The fourth-order valence-corrected chi connectivity index (χ4v) is 3.59.